The highest BCUT2D eigenvalue weighted by Crippen LogP contribution is 2.22. The minimum absolute atomic E-state index is 0.0759. The Labute approximate surface area is 156 Å². The van der Waals surface area contributed by atoms with Crippen LogP contribution >= 0.6 is 0 Å². The van der Waals surface area contributed by atoms with Gasteiger partial charge in [-0.2, -0.15) is 0 Å². The molecule has 4 heteroatoms. The highest BCUT2D eigenvalue weighted by molar-refractivity contribution is 5.93. The predicted molar refractivity (Wildman–Crippen MR) is 107 cm³/mol. The maximum atomic E-state index is 12.5. The summed E-state index contributed by atoms with van der Waals surface area (Å²) in [7, 11) is 0. The smallest absolute Gasteiger partial charge is 0.238 e. The van der Waals surface area contributed by atoms with Crippen molar-refractivity contribution >= 4 is 11.6 Å². The molecule has 1 amide bonds. The second-order valence-corrected chi connectivity index (χ2v) is 7.21. The lowest BCUT2D eigenvalue weighted by molar-refractivity contribution is -0.117. The number of benzene rings is 2. The van der Waals surface area contributed by atoms with Gasteiger partial charge >= 0.3 is 0 Å². The molecule has 0 saturated carbocycles. The molecular weight excluding hydrogens is 322 g/mol. The van der Waals surface area contributed by atoms with Crippen LogP contribution < -0.4 is 5.32 Å². The van der Waals surface area contributed by atoms with Gasteiger partial charge in [0.25, 0.3) is 0 Å². The van der Waals surface area contributed by atoms with E-state index < -0.39 is 0 Å². The van der Waals surface area contributed by atoms with E-state index in [0.29, 0.717) is 12.6 Å². The van der Waals surface area contributed by atoms with Gasteiger partial charge in [-0.3, -0.25) is 14.6 Å². The molecule has 0 spiro atoms. The molecule has 0 aromatic heterocycles. The summed E-state index contributed by atoms with van der Waals surface area (Å²) in [5.74, 6) is 0.0759. The Morgan fingerprint density at radius 1 is 0.962 bits per heavy atom. The average molecular weight is 351 g/mol. The van der Waals surface area contributed by atoms with Crippen molar-refractivity contribution in [2.75, 3.05) is 38.0 Å². The van der Waals surface area contributed by atoms with Crippen molar-refractivity contribution in [2.45, 2.75) is 26.8 Å². The van der Waals surface area contributed by atoms with Crippen molar-refractivity contribution in [1.29, 1.82) is 0 Å². The number of piperazine rings is 1. The molecule has 0 aliphatic carbocycles. The Morgan fingerprint density at radius 3 is 2.19 bits per heavy atom. The number of anilines is 1. The van der Waals surface area contributed by atoms with Crippen LogP contribution in [0.3, 0.4) is 0 Å². The Bertz CT molecular complexity index is 716. The van der Waals surface area contributed by atoms with Crippen molar-refractivity contribution < 1.29 is 4.79 Å². The van der Waals surface area contributed by atoms with Gasteiger partial charge in [-0.05, 0) is 37.5 Å². The molecule has 0 radical (unpaired) electrons. The standard InChI is InChI=1S/C22H29N3O/c1-17-8-7-9-18(2)22(17)23-21(26)16-24-12-14-25(15-13-24)19(3)20-10-5-4-6-11-20/h4-11,19H,12-16H2,1-3H3,(H,23,26)/t19-/m0/s1. The first kappa shape index (κ1) is 18.6. The fourth-order valence-electron chi connectivity index (χ4n) is 3.64. The molecule has 1 atom stereocenters. The molecule has 138 valence electrons. The molecule has 26 heavy (non-hydrogen) atoms. The van der Waals surface area contributed by atoms with Gasteiger partial charge in [0.1, 0.15) is 0 Å². The van der Waals surface area contributed by atoms with Crippen LogP contribution in [0.2, 0.25) is 0 Å². The third kappa shape index (κ3) is 4.51. The van der Waals surface area contributed by atoms with Gasteiger partial charge < -0.3 is 5.32 Å². The monoisotopic (exact) mass is 351 g/mol. The molecule has 1 aliphatic rings. The van der Waals surface area contributed by atoms with E-state index in [9.17, 15) is 4.79 Å². The minimum atomic E-state index is 0.0759. The Morgan fingerprint density at radius 2 is 1.58 bits per heavy atom. The molecular formula is C22H29N3O. The summed E-state index contributed by atoms with van der Waals surface area (Å²) in [6, 6.07) is 17.1. The zero-order chi connectivity index (χ0) is 18.5. The van der Waals surface area contributed by atoms with Crippen LogP contribution in [0.5, 0.6) is 0 Å². The summed E-state index contributed by atoms with van der Waals surface area (Å²) < 4.78 is 0. The van der Waals surface area contributed by atoms with Crippen LogP contribution in [0.1, 0.15) is 29.7 Å². The Balaban J connectivity index is 1.50. The average Bonchev–Trinajstić information content (AvgIpc) is 2.66. The van der Waals surface area contributed by atoms with Crippen LogP contribution in [-0.4, -0.2) is 48.4 Å². The van der Waals surface area contributed by atoms with E-state index in [1.807, 2.05) is 32.0 Å². The number of para-hydroxylation sites is 1. The zero-order valence-corrected chi connectivity index (χ0v) is 16.0. The number of aryl methyl sites for hydroxylation is 2. The number of carbonyl (C=O) groups excluding carboxylic acids is 1. The van der Waals surface area contributed by atoms with Gasteiger partial charge in [0.15, 0.2) is 0 Å². The van der Waals surface area contributed by atoms with Gasteiger partial charge in [-0.15, -0.1) is 0 Å². The lowest BCUT2D eigenvalue weighted by Gasteiger charge is -2.38. The molecule has 4 nitrogen and oxygen atoms in total. The molecule has 3 rings (SSSR count). The fourth-order valence-corrected chi connectivity index (χ4v) is 3.64. The maximum absolute atomic E-state index is 12.5. The first-order valence-corrected chi connectivity index (χ1v) is 9.42. The van der Waals surface area contributed by atoms with Gasteiger partial charge in [0.05, 0.1) is 6.54 Å². The number of hydrogen-bond donors (Lipinski definition) is 1. The van der Waals surface area contributed by atoms with Gasteiger partial charge in [0, 0.05) is 37.9 Å². The van der Waals surface area contributed by atoms with E-state index in [1.54, 1.807) is 0 Å². The molecule has 1 saturated heterocycles. The normalized spacial score (nSPS) is 17.0. The quantitative estimate of drug-likeness (QED) is 0.894. The number of amides is 1. The van der Waals surface area contributed by atoms with Gasteiger partial charge in [0.2, 0.25) is 5.91 Å². The van der Waals surface area contributed by atoms with Crippen molar-refractivity contribution in [1.82, 2.24) is 9.80 Å². The zero-order valence-electron chi connectivity index (χ0n) is 16.0. The number of nitrogens with zero attached hydrogens (tertiary/aromatic N) is 2. The summed E-state index contributed by atoms with van der Waals surface area (Å²) in [5.41, 5.74) is 4.53. The maximum Gasteiger partial charge on any atom is 0.238 e. The highest BCUT2D eigenvalue weighted by atomic mass is 16.2. The second kappa shape index (κ2) is 8.47. The first-order valence-electron chi connectivity index (χ1n) is 9.42. The number of hydrogen-bond acceptors (Lipinski definition) is 3. The van der Waals surface area contributed by atoms with Crippen molar-refractivity contribution in [3.05, 3.63) is 65.2 Å². The lowest BCUT2D eigenvalue weighted by Crippen LogP contribution is -2.49. The third-order valence-corrected chi connectivity index (χ3v) is 5.35. The SMILES string of the molecule is Cc1cccc(C)c1NC(=O)CN1CCN([C@@H](C)c2ccccc2)CC1. The third-order valence-electron chi connectivity index (χ3n) is 5.35. The molecule has 1 N–H and O–H groups in total. The van der Waals surface area contributed by atoms with Crippen LogP contribution in [-0.2, 0) is 4.79 Å². The van der Waals surface area contributed by atoms with Crippen molar-refractivity contribution in [2.24, 2.45) is 0 Å². The molecule has 2 aromatic rings. The van der Waals surface area contributed by atoms with E-state index in [4.69, 9.17) is 0 Å². The second-order valence-electron chi connectivity index (χ2n) is 7.21. The van der Waals surface area contributed by atoms with Gasteiger partial charge in [-0.1, -0.05) is 48.5 Å². The minimum Gasteiger partial charge on any atom is -0.324 e. The van der Waals surface area contributed by atoms with Crippen molar-refractivity contribution in [3.8, 4) is 0 Å². The van der Waals surface area contributed by atoms with Crippen LogP contribution in [0.25, 0.3) is 0 Å². The van der Waals surface area contributed by atoms with E-state index in [-0.39, 0.29) is 5.91 Å². The topological polar surface area (TPSA) is 35.6 Å². The number of rotatable bonds is 5. The largest absolute Gasteiger partial charge is 0.324 e. The first-order chi connectivity index (χ1) is 12.5. The fraction of sp³-hybridized carbons (Fsp3) is 0.409. The summed E-state index contributed by atoms with van der Waals surface area (Å²) in [4.78, 5) is 17.2. The van der Waals surface area contributed by atoms with E-state index in [2.05, 4.69) is 52.4 Å². The highest BCUT2D eigenvalue weighted by Gasteiger charge is 2.23. The Hall–Kier alpha value is -2.17. The number of nitrogens with one attached hydrogen (secondary N) is 1. The van der Waals surface area contributed by atoms with E-state index >= 15 is 0 Å². The molecule has 1 fully saturated rings. The van der Waals surface area contributed by atoms with Crippen LogP contribution in [0.4, 0.5) is 5.69 Å². The summed E-state index contributed by atoms with van der Waals surface area (Å²) >= 11 is 0. The lowest BCUT2D eigenvalue weighted by atomic mass is 10.1. The number of carbonyl (C=O) groups is 1. The predicted octanol–water partition coefficient (Wildman–Crippen LogP) is 3.62. The molecule has 0 unspecified atom stereocenters. The van der Waals surface area contributed by atoms with Crippen LogP contribution in [0, 0.1) is 13.8 Å². The van der Waals surface area contributed by atoms with Crippen molar-refractivity contribution in [3.63, 3.8) is 0 Å². The van der Waals surface area contributed by atoms with Gasteiger partial charge in [-0.25, -0.2) is 0 Å². The summed E-state index contributed by atoms with van der Waals surface area (Å²) in [6.45, 7) is 10.6. The summed E-state index contributed by atoms with van der Waals surface area (Å²) in [5, 5.41) is 3.09. The van der Waals surface area contributed by atoms with E-state index in [1.165, 1.54) is 5.56 Å². The molecule has 1 heterocycles. The molecule has 2 aromatic carbocycles. The molecule has 1 aliphatic heterocycles. The Kier molecular flexibility index (Phi) is 6.07. The van der Waals surface area contributed by atoms with Crippen LogP contribution in [0.15, 0.2) is 48.5 Å². The molecule has 0 bridgehead atoms. The summed E-state index contributed by atoms with van der Waals surface area (Å²) in [6.07, 6.45) is 0. The van der Waals surface area contributed by atoms with E-state index in [0.717, 1.165) is 43.0 Å².